The van der Waals surface area contributed by atoms with E-state index < -0.39 is 17.1 Å². The van der Waals surface area contributed by atoms with E-state index in [4.69, 9.17) is 18.1 Å². The summed E-state index contributed by atoms with van der Waals surface area (Å²) in [5, 5.41) is 0. The van der Waals surface area contributed by atoms with E-state index >= 15 is 0 Å². The summed E-state index contributed by atoms with van der Waals surface area (Å²) in [4.78, 5) is 0. The molecule has 0 unspecified atom stereocenters. The highest BCUT2D eigenvalue weighted by Crippen LogP contribution is 2.53. The maximum absolute atomic E-state index is 5.93. The highest BCUT2D eigenvalue weighted by atomic mass is 31.2. The third-order valence-electron chi connectivity index (χ3n) is 2.10. The van der Waals surface area contributed by atoms with Gasteiger partial charge in [0.05, 0.1) is 24.4 Å². The summed E-state index contributed by atoms with van der Waals surface area (Å²) in [7, 11) is 1.47. The maximum atomic E-state index is 5.93. The fourth-order valence-corrected chi connectivity index (χ4v) is 4.16. The lowest BCUT2D eigenvalue weighted by atomic mass is 10.5. The standard InChI is InChI=1S/C14H34N2O4P2/c1-11(2)17-21(18-12(3)4)15(9)16(10)22(19-13(5)6)20-14(7)8/h11-14H,1-10H3. The van der Waals surface area contributed by atoms with Crippen LogP contribution in [0, 0.1) is 0 Å². The van der Waals surface area contributed by atoms with Gasteiger partial charge in [-0.2, -0.15) is 9.56 Å². The Morgan fingerprint density at radius 2 is 0.682 bits per heavy atom. The molecule has 0 amide bonds. The third-order valence-corrected chi connectivity index (χ3v) is 6.13. The van der Waals surface area contributed by atoms with Gasteiger partial charge in [-0.1, -0.05) is 0 Å². The van der Waals surface area contributed by atoms with Crippen molar-refractivity contribution < 1.29 is 18.1 Å². The first-order valence-electron chi connectivity index (χ1n) is 7.79. The number of nitrogens with zero attached hydrogens (tertiary/aromatic N) is 2. The minimum absolute atomic E-state index is 0.0870. The fourth-order valence-electron chi connectivity index (χ4n) is 1.26. The minimum atomic E-state index is -1.21. The smallest absolute Gasteiger partial charge is 0.274 e. The van der Waals surface area contributed by atoms with E-state index in [0.29, 0.717) is 0 Å². The zero-order chi connectivity index (χ0) is 17.4. The average molecular weight is 356 g/mol. The van der Waals surface area contributed by atoms with Crippen LogP contribution in [0.1, 0.15) is 55.4 Å². The Morgan fingerprint density at radius 3 is 0.818 bits per heavy atom. The molecule has 0 aliphatic carbocycles. The predicted molar refractivity (Wildman–Crippen MR) is 94.3 cm³/mol. The molecule has 0 aromatic rings. The van der Waals surface area contributed by atoms with E-state index in [1.165, 1.54) is 0 Å². The van der Waals surface area contributed by atoms with Crippen LogP contribution in [0.15, 0.2) is 0 Å². The molecule has 0 aliphatic heterocycles. The summed E-state index contributed by atoms with van der Waals surface area (Å²) in [6.45, 7) is 16.0. The Hall–Kier alpha value is 0.620. The van der Waals surface area contributed by atoms with Crippen molar-refractivity contribution in [2.75, 3.05) is 14.1 Å². The van der Waals surface area contributed by atoms with Crippen LogP contribution in [0.4, 0.5) is 0 Å². The van der Waals surface area contributed by atoms with Crippen LogP contribution < -0.4 is 0 Å². The van der Waals surface area contributed by atoms with Crippen LogP contribution in [0.2, 0.25) is 0 Å². The molecular weight excluding hydrogens is 322 g/mol. The van der Waals surface area contributed by atoms with Gasteiger partial charge in [-0.05, 0) is 55.4 Å². The number of hydrazine groups is 1. The van der Waals surface area contributed by atoms with Crippen LogP contribution in [0.3, 0.4) is 0 Å². The van der Waals surface area contributed by atoms with Gasteiger partial charge in [0, 0.05) is 14.1 Å². The van der Waals surface area contributed by atoms with E-state index in [9.17, 15) is 0 Å². The normalized spacial score (nSPS) is 13.4. The van der Waals surface area contributed by atoms with Gasteiger partial charge in [0.1, 0.15) is 0 Å². The Kier molecular flexibility index (Phi) is 11.5. The van der Waals surface area contributed by atoms with E-state index in [-0.39, 0.29) is 24.4 Å². The summed E-state index contributed by atoms with van der Waals surface area (Å²) < 4.78 is 27.6. The Morgan fingerprint density at radius 1 is 0.500 bits per heavy atom. The van der Waals surface area contributed by atoms with Crippen molar-refractivity contribution in [2.45, 2.75) is 79.8 Å². The van der Waals surface area contributed by atoms with E-state index in [2.05, 4.69) is 0 Å². The van der Waals surface area contributed by atoms with Crippen molar-refractivity contribution in [3.05, 3.63) is 0 Å². The lowest BCUT2D eigenvalue weighted by Crippen LogP contribution is -2.33. The zero-order valence-electron chi connectivity index (χ0n) is 15.7. The first-order valence-corrected chi connectivity index (χ1v) is 10.0. The highest BCUT2D eigenvalue weighted by Gasteiger charge is 2.31. The second-order valence-corrected chi connectivity index (χ2v) is 9.02. The summed E-state index contributed by atoms with van der Waals surface area (Å²) in [6.07, 6.45) is 0.348. The first-order chi connectivity index (χ1) is 10.0. The van der Waals surface area contributed by atoms with Crippen molar-refractivity contribution in [1.29, 1.82) is 0 Å². The molecule has 0 rings (SSSR count). The van der Waals surface area contributed by atoms with Crippen molar-refractivity contribution in [2.24, 2.45) is 0 Å². The van der Waals surface area contributed by atoms with Crippen molar-refractivity contribution in [3.63, 3.8) is 0 Å². The van der Waals surface area contributed by atoms with Gasteiger partial charge in [-0.25, -0.2) is 0 Å². The van der Waals surface area contributed by atoms with Crippen molar-refractivity contribution in [1.82, 2.24) is 9.56 Å². The van der Waals surface area contributed by atoms with Crippen LogP contribution in [0.5, 0.6) is 0 Å². The van der Waals surface area contributed by atoms with Crippen molar-refractivity contribution >= 4 is 17.1 Å². The van der Waals surface area contributed by atoms with Gasteiger partial charge in [0.25, 0.3) is 17.1 Å². The fraction of sp³-hybridized carbons (Fsp3) is 1.00. The second-order valence-electron chi connectivity index (χ2n) is 6.07. The van der Waals surface area contributed by atoms with Gasteiger partial charge in [0.2, 0.25) is 0 Å². The first kappa shape index (κ1) is 22.6. The van der Waals surface area contributed by atoms with Gasteiger partial charge in [0.15, 0.2) is 0 Å². The van der Waals surface area contributed by atoms with Gasteiger partial charge in [-0.15, -0.1) is 0 Å². The molecule has 134 valence electrons. The molecule has 6 nitrogen and oxygen atoms in total. The molecule has 0 atom stereocenters. The van der Waals surface area contributed by atoms with Gasteiger partial charge < -0.3 is 18.1 Å². The molecule has 0 saturated carbocycles. The molecule has 0 N–H and O–H groups in total. The number of hydrogen-bond donors (Lipinski definition) is 0. The van der Waals surface area contributed by atoms with Crippen LogP contribution in [0.25, 0.3) is 0 Å². The Balaban J connectivity index is 4.98. The summed E-state index contributed by atoms with van der Waals surface area (Å²) in [6, 6.07) is 0. The molecule has 8 heteroatoms. The molecule has 0 spiro atoms. The predicted octanol–water partition coefficient (Wildman–Crippen LogP) is 4.92. The molecular formula is C14H34N2O4P2. The molecule has 22 heavy (non-hydrogen) atoms. The van der Waals surface area contributed by atoms with Crippen LogP contribution in [-0.2, 0) is 18.1 Å². The molecule has 0 aromatic heterocycles. The zero-order valence-corrected chi connectivity index (χ0v) is 17.5. The Labute approximate surface area is 139 Å². The molecule has 0 heterocycles. The Bertz CT molecular complexity index is 246. The monoisotopic (exact) mass is 356 g/mol. The van der Waals surface area contributed by atoms with Crippen LogP contribution in [-0.4, -0.2) is 48.1 Å². The van der Waals surface area contributed by atoms with Gasteiger partial charge in [-0.3, -0.25) is 0 Å². The second kappa shape index (κ2) is 11.2. The van der Waals surface area contributed by atoms with E-state index in [1.54, 1.807) is 0 Å². The molecule has 0 aromatic carbocycles. The third kappa shape index (κ3) is 9.69. The number of rotatable bonds is 11. The summed E-state index contributed by atoms with van der Waals surface area (Å²) >= 11 is 0. The van der Waals surface area contributed by atoms with Crippen molar-refractivity contribution in [3.8, 4) is 0 Å². The lowest BCUT2D eigenvalue weighted by molar-refractivity contribution is 0.0748. The summed E-state index contributed by atoms with van der Waals surface area (Å²) in [5.74, 6) is 0. The molecule has 0 bridgehead atoms. The topological polar surface area (TPSA) is 43.4 Å². The lowest BCUT2D eigenvalue weighted by Gasteiger charge is -2.38. The SMILES string of the molecule is CC(C)OP(OC(C)C)N(C)N(C)P(OC(C)C)OC(C)C. The van der Waals surface area contributed by atoms with E-state index in [0.717, 1.165) is 0 Å². The van der Waals surface area contributed by atoms with E-state index in [1.807, 2.05) is 79.0 Å². The van der Waals surface area contributed by atoms with Crippen LogP contribution >= 0.6 is 17.1 Å². The largest absolute Gasteiger partial charge is 0.318 e. The highest BCUT2D eigenvalue weighted by molar-refractivity contribution is 7.47. The molecule has 0 radical (unpaired) electrons. The minimum Gasteiger partial charge on any atom is -0.318 e. The summed E-state index contributed by atoms with van der Waals surface area (Å²) in [5.41, 5.74) is 0. The van der Waals surface area contributed by atoms with Gasteiger partial charge >= 0.3 is 0 Å². The average Bonchev–Trinajstić information content (AvgIpc) is 2.33. The quantitative estimate of drug-likeness (QED) is 0.387. The molecule has 0 fully saturated rings. The maximum Gasteiger partial charge on any atom is 0.274 e. The molecule has 0 aliphatic rings. The molecule has 0 saturated heterocycles. The number of hydrogen-bond acceptors (Lipinski definition) is 6.